The van der Waals surface area contributed by atoms with Crippen molar-refractivity contribution in [1.29, 1.82) is 0 Å². The Morgan fingerprint density at radius 2 is 1.76 bits per heavy atom. The maximum Gasteiger partial charge on any atom is 0.241 e. The minimum atomic E-state index is -0.514. The Balaban J connectivity index is 2.00. The standard InChI is InChI=1S/C25H24FNO2/c1-2-3-15-29-23-6-4-5-20(17-23)24-13-9-19(16-21(24)10-14-25(27)28)18-7-11-22(26)12-8-18/h4-14,16-17H,2-3,15H2,1H3,(H2,27,28)/b14-10+. The first kappa shape index (κ1) is 20.3. The molecule has 0 fully saturated rings. The van der Waals surface area contributed by atoms with Crippen LogP contribution >= 0.6 is 0 Å². The molecule has 0 aromatic heterocycles. The molecule has 3 rings (SSSR count). The van der Waals surface area contributed by atoms with E-state index in [0.717, 1.165) is 46.4 Å². The molecule has 148 valence electrons. The van der Waals surface area contributed by atoms with Crippen molar-refractivity contribution in [1.82, 2.24) is 0 Å². The van der Waals surface area contributed by atoms with Crippen LogP contribution in [0.15, 0.2) is 72.8 Å². The number of hydrogen-bond donors (Lipinski definition) is 1. The number of carbonyl (C=O) groups is 1. The van der Waals surface area contributed by atoms with Gasteiger partial charge in [-0.1, -0.05) is 49.7 Å². The van der Waals surface area contributed by atoms with Crippen molar-refractivity contribution in [3.63, 3.8) is 0 Å². The Labute approximate surface area is 170 Å². The number of halogens is 1. The number of amides is 1. The normalized spacial score (nSPS) is 11.0. The number of unbranched alkanes of at least 4 members (excludes halogenated alkanes) is 1. The fourth-order valence-corrected chi connectivity index (χ4v) is 3.05. The van der Waals surface area contributed by atoms with Crippen molar-refractivity contribution in [2.45, 2.75) is 19.8 Å². The van der Waals surface area contributed by atoms with E-state index in [1.165, 1.54) is 18.2 Å². The van der Waals surface area contributed by atoms with E-state index in [9.17, 15) is 9.18 Å². The molecule has 3 aromatic rings. The molecule has 0 aliphatic heterocycles. The smallest absolute Gasteiger partial charge is 0.241 e. The largest absolute Gasteiger partial charge is 0.494 e. The number of benzene rings is 3. The number of ether oxygens (including phenoxy) is 1. The van der Waals surface area contributed by atoms with E-state index >= 15 is 0 Å². The van der Waals surface area contributed by atoms with Crippen LogP contribution in [0.25, 0.3) is 28.3 Å². The van der Waals surface area contributed by atoms with E-state index in [1.807, 2.05) is 42.5 Å². The van der Waals surface area contributed by atoms with Gasteiger partial charge < -0.3 is 10.5 Å². The molecule has 0 bridgehead atoms. The molecule has 0 atom stereocenters. The number of nitrogens with two attached hydrogens (primary N) is 1. The van der Waals surface area contributed by atoms with Gasteiger partial charge in [0.1, 0.15) is 11.6 Å². The zero-order valence-corrected chi connectivity index (χ0v) is 16.4. The second kappa shape index (κ2) is 9.69. The van der Waals surface area contributed by atoms with Crippen molar-refractivity contribution >= 4 is 12.0 Å². The Morgan fingerprint density at radius 1 is 1.00 bits per heavy atom. The summed E-state index contributed by atoms with van der Waals surface area (Å²) in [5.74, 6) is 0.0160. The number of primary amides is 1. The summed E-state index contributed by atoms with van der Waals surface area (Å²) < 4.78 is 19.1. The predicted octanol–water partition coefficient (Wildman–Crippen LogP) is 5.84. The molecule has 29 heavy (non-hydrogen) atoms. The van der Waals surface area contributed by atoms with E-state index in [0.29, 0.717) is 6.61 Å². The third-order valence-corrected chi connectivity index (χ3v) is 4.57. The molecule has 0 spiro atoms. The molecular weight excluding hydrogens is 365 g/mol. The van der Waals surface area contributed by atoms with Crippen molar-refractivity contribution in [3.05, 3.63) is 84.2 Å². The molecule has 0 saturated carbocycles. The highest BCUT2D eigenvalue weighted by Gasteiger charge is 2.08. The molecule has 3 nitrogen and oxygen atoms in total. The maximum absolute atomic E-state index is 13.3. The van der Waals surface area contributed by atoms with Crippen LogP contribution in [0.5, 0.6) is 5.75 Å². The van der Waals surface area contributed by atoms with Crippen LogP contribution in [0.1, 0.15) is 25.3 Å². The Bertz CT molecular complexity index is 1010. The summed E-state index contributed by atoms with van der Waals surface area (Å²) >= 11 is 0. The monoisotopic (exact) mass is 389 g/mol. The Hall–Kier alpha value is -3.40. The van der Waals surface area contributed by atoms with Gasteiger partial charge in [0.15, 0.2) is 0 Å². The van der Waals surface area contributed by atoms with Gasteiger partial charge in [0.05, 0.1) is 6.61 Å². The highest BCUT2D eigenvalue weighted by Crippen LogP contribution is 2.32. The minimum Gasteiger partial charge on any atom is -0.494 e. The summed E-state index contributed by atoms with van der Waals surface area (Å²) in [5.41, 5.74) is 9.89. The first-order valence-electron chi connectivity index (χ1n) is 9.67. The molecular formula is C25H24FNO2. The minimum absolute atomic E-state index is 0.279. The van der Waals surface area contributed by atoms with E-state index < -0.39 is 5.91 Å². The molecule has 3 aromatic carbocycles. The average molecular weight is 389 g/mol. The third-order valence-electron chi connectivity index (χ3n) is 4.57. The second-order valence-electron chi connectivity index (χ2n) is 6.77. The predicted molar refractivity (Wildman–Crippen MR) is 116 cm³/mol. The zero-order chi connectivity index (χ0) is 20.6. The summed E-state index contributed by atoms with van der Waals surface area (Å²) in [4.78, 5) is 11.3. The molecule has 0 saturated heterocycles. The van der Waals surface area contributed by atoms with Crippen LogP contribution in [0.3, 0.4) is 0 Å². The SMILES string of the molecule is CCCCOc1cccc(-c2ccc(-c3ccc(F)cc3)cc2/C=C/C(N)=O)c1. The van der Waals surface area contributed by atoms with Crippen LogP contribution < -0.4 is 10.5 Å². The number of carbonyl (C=O) groups excluding carboxylic acids is 1. The number of rotatable bonds is 8. The Morgan fingerprint density at radius 3 is 2.48 bits per heavy atom. The van der Waals surface area contributed by atoms with E-state index in [1.54, 1.807) is 18.2 Å². The maximum atomic E-state index is 13.3. The molecule has 0 unspecified atom stereocenters. The fourth-order valence-electron chi connectivity index (χ4n) is 3.05. The summed E-state index contributed by atoms with van der Waals surface area (Å²) in [7, 11) is 0. The van der Waals surface area contributed by atoms with Gasteiger partial charge in [0.2, 0.25) is 5.91 Å². The lowest BCUT2D eigenvalue weighted by Gasteiger charge is -2.12. The first-order chi connectivity index (χ1) is 14.1. The van der Waals surface area contributed by atoms with Crippen LogP contribution in [-0.2, 0) is 4.79 Å². The fraction of sp³-hybridized carbons (Fsp3) is 0.160. The quantitative estimate of drug-likeness (QED) is 0.389. The van der Waals surface area contributed by atoms with Gasteiger partial charge in [-0.05, 0) is 70.6 Å². The van der Waals surface area contributed by atoms with Gasteiger partial charge in [0, 0.05) is 6.08 Å². The van der Waals surface area contributed by atoms with Gasteiger partial charge in [-0.15, -0.1) is 0 Å². The van der Waals surface area contributed by atoms with E-state index in [4.69, 9.17) is 10.5 Å². The van der Waals surface area contributed by atoms with Crippen LogP contribution in [0.4, 0.5) is 4.39 Å². The topological polar surface area (TPSA) is 52.3 Å². The van der Waals surface area contributed by atoms with Crippen molar-refractivity contribution < 1.29 is 13.9 Å². The molecule has 0 radical (unpaired) electrons. The summed E-state index contributed by atoms with van der Waals surface area (Å²) in [6.45, 7) is 2.80. The summed E-state index contributed by atoms with van der Waals surface area (Å²) in [6, 6.07) is 20.1. The van der Waals surface area contributed by atoms with Crippen molar-refractivity contribution in [2.24, 2.45) is 5.73 Å². The lowest BCUT2D eigenvalue weighted by atomic mass is 9.94. The molecule has 2 N–H and O–H groups in total. The van der Waals surface area contributed by atoms with Gasteiger partial charge in [-0.25, -0.2) is 4.39 Å². The molecule has 4 heteroatoms. The van der Waals surface area contributed by atoms with Gasteiger partial charge in [0.25, 0.3) is 0 Å². The highest BCUT2D eigenvalue weighted by atomic mass is 19.1. The molecule has 1 amide bonds. The van der Waals surface area contributed by atoms with Gasteiger partial charge >= 0.3 is 0 Å². The van der Waals surface area contributed by atoms with Gasteiger partial charge in [-0.2, -0.15) is 0 Å². The van der Waals surface area contributed by atoms with Crippen LogP contribution in [0, 0.1) is 5.82 Å². The third kappa shape index (κ3) is 5.55. The van der Waals surface area contributed by atoms with E-state index in [-0.39, 0.29) is 5.82 Å². The lowest BCUT2D eigenvalue weighted by Crippen LogP contribution is -2.05. The molecule has 0 heterocycles. The summed E-state index contributed by atoms with van der Waals surface area (Å²) in [5, 5.41) is 0. The average Bonchev–Trinajstić information content (AvgIpc) is 2.73. The van der Waals surface area contributed by atoms with Crippen LogP contribution in [0.2, 0.25) is 0 Å². The summed E-state index contributed by atoms with van der Waals surface area (Å²) in [6.07, 6.45) is 5.12. The Kier molecular flexibility index (Phi) is 6.80. The molecule has 0 aliphatic rings. The van der Waals surface area contributed by atoms with Crippen LogP contribution in [-0.4, -0.2) is 12.5 Å². The van der Waals surface area contributed by atoms with Crippen molar-refractivity contribution in [2.75, 3.05) is 6.61 Å². The first-order valence-corrected chi connectivity index (χ1v) is 9.67. The van der Waals surface area contributed by atoms with Gasteiger partial charge in [-0.3, -0.25) is 4.79 Å². The number of hydrogen-bond acceptors (Lipinski definition) is 2. The second-order valence-corrected chi connectivity index (χ2v) is 6.77. The highest BCUT2D eigenvalue weighted by molar-refractivity contribution is 5.92. The molecule has 0 aliphatic carbocycles. The van der Waals surface area contributed by atoms with E-state index in [2.05, 4.69) is 6.92 Å². The van der Waals surface area contributed by atoms with Crippen molar-refractivity contribution in [3.8, 4) is 28.0 Å². The zero-order valence-electron chi connectivity index (χ0n) is 16.4. The lowest BCUT2D eigenvalue weighted by molar-refractivity contribution is -0.113.